The number of benzene rings is 2. The minimum atomic E-state index is -0.467. The summed E-state index contributed by atoms with van der Waals surface area (Å²) in [7, 11) is 1.67. The quantitative estimate of drug-likeness (QED) is 0.674. The van der Waals surface area contributed by atoms with Gasteiger partial charge in [-0.2, -0.15) is 0 Å². The highest BCUT2D eigenvalue weighted by Crippen LogP contribution is 2.34. The molecule has 27 heavy (non-hydrogen) atoms. The molecule has 0 unspecified atom stereocenters. The first kappa shape index (κ1) is 17.9. The van der Waals surface area contributed by atoms with Crippen molar-refractivity contribution in [2.45, 2.75) is 6.92 Å². The Kier molecular flexibility index (Phi) is 4.61. The first-order chi connectivity index (χ1) is 13.0. The number of aromatic nitrogens is 2. The summed E-state index contributed by atoms with van der Waals surface area (Å²) in [5.41, 5.74) is 2.12. The molecule has 0 spiro atoms. The number of anilines is 1. The minimum absolute atomic E-state index is 0.199. The summed E-state index contributed by atoms with van der Waals surface area (Å²) in [5.74, 6) is 0.139. The van der Waals surface area contributed by atoms with Crippen LogP contribution in [0.25, 0.3) is 22.0 Å². The molecule has 0 bridgehead atoms. The summed E-state index contributed by atoms with van der Waals surface area (Å²) < 4.78 is 21.6. The third-order valence-corrected chi connectivity index (χ3v) is 5.22. The van der Waals surface area contributed by atoms with E-state index in [1.54, 1.807) is 26.1 Å². The fraction of sp³-hybridized carbons (Fsp3) is 0.300. The van der Waals surface area contributed by atoms with Crippen molar-refractivity contribution >= 4 is 28.2 Å². The Labute approximate surface area is 161 Å². The maximum Gasteiger partial charge on any atom is 0.261 e. The smallest absolute Gasteiger partial charge is 0.261 e. The largest absolute Gasteiger partial charge is 0.378 e. The summed E-state index contributed by atoms with van der Waals surface area (Å²) in [6, 6.07) is 8.25. The van der Waals surface area contributed by atoms with Crippen LogP contribution < -0.4 is 10.5 Å². The molecule has 4 rings (SSSR count). The SMILES string of the molecule is Cc1nc2cc(N3CCOCC3)cc(-c3ccc(Cl)cc3F)c2c(=O)n1C. The summed E-state index contributed by atoms with van der Waals surface area (Å²) in [5, 5.41) is 0.716. The molecule has 140 valence electrons. The van der Waals surface area contributed by atoms with Crippen LogP contribution in [0, 0.1) is 12.7 Å². The Bertz CT molecular complexity index is 1090. The normalized spacial score (nSPS) is 14.7. The molecule has 0 amide bonds. The van der Waals surface area contributed by atoms with E-state index in [4.69, 9.17) is 16.3 Å². The molecular weight excluding hydrogens is 369 g/mol. The van der Waals surface area contributed by atoms with Crippen LogP contribution in [-0.4, -0.2) is 35.9 Å². The molecule has 2 heterocycles. The van der Waals surface area contributed by atoms with Crippen LogP contribution in [0.4, 0.5) is 10.1 Å². The molecule has 0 aliphatic carbocycles. The van der Waals surface area contributed by atoms with Gasteiger partial charge in [-0.05, 0) is 37.3 Å². The summed E-state index contributed by atoms with van der Waals surface area (Å²) in [6.07, 6.45) is 0. The average Bonchev–Trinajstić information content (AvgIpc) is 2.66. The van der Waals surface area contributed by atoms with E-state index in [0.29, 0.717) is 46.1 Å². The van der Waals surface area contributed by atoms with E-state index in [0.717, 1.165) is 18.8 Å². The molecule has 1 aliphatic heterocycles. The van der Waals surface area contributed by atoms with Gasteiger partial charge in [-0.15, -0.1) is 0 Å². The van der Waals surface area contributed by atoms with E-state index in [1.807, 2.05) is 12.1 Å². The lowest BCUT2D eigenvalue weighted by Gasteiger charge is -2.29. The van der Waals surface area contributed by atoms with E-state index in [-0.39, 0.29) is 5.56 Å². The van der Waals surface area contributed by atoms with Gasteiger partial charge in [0.2, 0.25) is 0 Å². The Balaban J connectivity index is 2.04. The molecule has 2 aromatic carbocycles. The molecule has 1 fully saturated rings. The van der Waals surface area contributed by atoms with Gasteiger partial charge in [0.1, 0.15) is 11.6 Å². The number of halogens is 2. The van der Waals surface area contributed by atoms with Crippen molar-refractivity contribution in [2.24, 2.45) is 7.05 Å². The lowest BCUT2D eigenvalue weighted by Crippen LogP contribution is -2.36. The van der Waals surface area contributed by atoms with Gasteiger partial charge in [0.25, 0.3) is 5.56 Å². The van der Waals surface area contributed by atoms with Crippen molar-refractivity contribution in [2.75, 3.05) is 31.2 Å². The van der Waals surface area contributed by atoms with Gasteiger partial charge in [0, 0.05) is 42.0 Å². The molecule has 0 radical (unpaired) electrons. The molecule has 7 heteroatoms. The van der Waals surface area contributed by atoms with Gasteiger partial charge in [-0.25, -0.2) is 9.37 Å². The van der Waals surface area contributed by atoms with E-state index >= 15 is 0 Å². The standard InChI is InChI=1S/C20H19ClFN3O2/c1-12-23-18-11-14(25-5-7-27-8-6-25)10-16(19(18)20(26)24(12)2)15-4-3-13(21)9-17(15)22/h3-4,9-11H,5-8H2,1-2H3. The summed E-state index contributed by atoms with van der Waals surface area (Å²) in [6.45, 7) is 4.51. The van der Waals surface area contributed by atoms with Crippen LogP contribution >= 0.6 is 11.6 Å². The van der Waals surface area contributed by atoms with Crippen molar-refractivity contribution in [1.82, 2.24) is 9.55 Å². The Morgan fingerprint density at radius 3 is 2.59 bits per heavy atom. The van der Waals surface area contributed by atoms with E-state index < -0.39 is 5.82 Å². The molecule has 0 saturated carbocycles. The zero-order valence-corrected chi connectivity index (χ0v) is 15.9. The van der Waals surface area contributed by atoms with Crippen LogP contribution in [-0.2, 0) is 11.8 Å². The molecule has 1 saturated heterocycles. The van der Waals surface area contributed by atoms with Crippen molar-refractivity contribution in [3.05, 3.63) is 57.3 Å². The Morgan fingerprint density at radius 2 is 1.89 bits per heavy atom. The van der Waals surface area contributed by atoms with Gasteiger partial charge in [0.15, 0.2) is 0 Å². The number of hydrogen-bond acceptors (Lipinski definition) is 4. The molecule has 1 aliphatic rings. The van der Waals surface area contributed by atoms with E-state index in [1.165, 1.54) is 10.6 Å². The number of rotatable bonds is 2. The molecule has 5 nitrogen and oxygen atoms in total. The van der Waals surface area contributed by atoms with Gasteiger partial charge in [0.05, 0.1) is 24.1 Å². The number of hydrogen-bond donors (Lipinski definition) is 0. The fourth-order valence-corrected chi connectivity index (χ4v) is 3.57. The van der Waals surface area contributed by atoms with E-state index in [2.05, 4.69) is 9.88 Å². The Hall–Kier alpha value is -2.44. The third-order valence-electron chi connectivity index (χ3n) is 4.99. The maximum atomic E-state index is 14.7. The second-order valence-corrected chi connectivity index (χ2v) is 7.07. The number of ether oxygens (including phenoxy) is 1. The second-order valence-electron chi connectivity index (χ2n) is 6.63. The van der Waals surface area contributed by atoms with Crippen LogP contribution in [0.2, 0.25) is 5.02 Å². The van der Waals surface area contributed by atoms with E-state index in [9.17, 15) is 9.18 Å². The lowest BCUT2D eigenvalue weighted by atomic mass is 9.99. The molecular formula is C20H19ClFN3O2. The van der Waals surface area contributed by atoms with Crippen molar-refractivity contribution in [3.63, 3.8) is 0 Å². The Morgan fingerprint density at radius 1 is 1.15 bits per heavy atom. The van der Waals surface area contributed by atoms with Crippen LogP contribution in [0.5, 0.6) is 0 Å². The van der Waals surface area contributed by atoms with Crippen molar-refractivity contribution in [1.29, 1.82) is 0 Å². The first-order valence-corrected chi connectivity index (χ1v) is 9.13. The van der Waals surface area contributed by atoms with Gasteiger partial charge in [-0.1, -0.05) is 11.6 Å². The van der Waals surface area contributed by atoms with Crippen LogP contribution in [0.3, 0.4) is 0 Å². The molecule has 0 N–H and O–H groups in total. The predicted octanol–water partition coefficient (Wildman–Crippen LogP) is 3.54. The minimum Gasteiger partial charge on any atom is -0.378 e. The third kappa shape index (κ3) is 3.19. The van der Waals surface area contributed by atoms with Crippen LogP contribution in [0.15, 0.2) is 35.1 Å². The fourth-order valence-electron chi connectivity index (χ4n) is 3.41. The number of fused-ring (bicyclic) bond motifs is 1. The number of morpholine rings is 1. The average molecular weight is 388 g/mol. The zero-order valence-electron chi connectivity index (χ0n) is 15.1. The van der Waals surface area contributed by atoms with Crippen LogP contribution in [0.1, 0.15) is 5.82 Å². The zero-order chi connectivity index (χ0) is 19.1. The van der Waals surface area contributed by atoms with Crippen molar-refractivity contribution < 1.29 is 9.13 Å². The van der Waals surface area contributed by atoms with Crippen molar-refractivity contribution in [3.8, 4) is 11.1 Å². The highest BCUT2D eigenvalue weighted by atomic mass is 35.5. The number of aryl methyl sites for hydroxylation is 1. The molecule has 1 aromatic heterocycles. The second kappa shape index (κ2) is 6.94. The monoisotopic (exact) mass is 387 g/mol. The molecule has 0 atom stereocenters. The summed E-state index contributed by atoms with van der Waals surface area (Å²) >= 11 is 5.91. The van der Waals surface area contributed by atoms with Gasteiger partial charge in [-0.3, -0.25) is 9.36 Å². The topological polar surface area (TPSA) is 47.4 Å². The lowest BCUT2D eigenvalue weighted by molar-refractivity contribution is 0.122. The first-order valence-electron chi connectivity index (χ1n) is 8.75. The highest BCUT2D eigenvalue weighted by molar-refractivity contribution is 6.30. The maximum absolute atomic E-state index is 14.7. The highest BCUT2D eigenvalue weighted by Gasteiger charge is 2.19. The number of nitrogens with zero attached hydrogens (tertiary/aromatic N) is 3. The molecule has 3 aromatic rings. The predicted molar refractivity (Wildman–Crippen MR) is 105 cm³/mol. The summed E-state index contributed by atoms with van der Waals surface area (Å²) in [4.78, 5) is 19.7. The van der Waals surface area contributed by atoms with Gasteiger partial charge < -0.3 is 9.64 Å². The van der Waals surface area contributed by atoms with Gasteiger partial charge >= 0.3 is 0 Å².